The van der Waals surface area contributed by atoms with Gasteiger partial charge in [-0.2, -0.15) is 0 Å². The van der Waals surface area contributed by atoms with Crippen LogP contribution in [0.5, 0.6) is 0 Å². The first-order valence-corrected chi connectivity index (χ1v) is 24.1. The van der Waals surface area contributed by atoms with E-state index in [-0.39, 0.29) is 50.8 Å². The van der Waals surface area contributed by atoms with Crippen molar-refractivity contribution >= 4 is 11.8 Å². The molecule has 2 amide bonds. The van der Waals surface area contributed by atoms with E-state index in [0.29, 0.717) is 6.61 Å². The fraction of sp³-hybridized carbons (Fsp3) is 0.310. The molecule has 13 nitrogen and oxygen atoms in total. The summed E-state index contributed by atoms with van der Waals surface area (Å²) in [6.45, 7) is 4.92. The smallest absolute Gasteiger partial charge is 0.262 e. The molecule has 71 heavy (non-hydrogen) atoms. The molecule has 0 spiro atoms. The van der Waals surface area contributed by atoms with E-state index in [1.807, 2.05) is 152 Å². The quantitative estimate of drug-likeness (QED) is 0.0536. The first-order valence-electron chi connectivity index (χ1n) is 24.1. The van der Waals surface area contributed by atoms with Gasteiger partial charge in [-0.3, -0.25) is 14.5 Å². The van der Waals surface area contributed by atoms with Gasteiger partial charge in [-0.25, -0.2) is 0 Å². The molecule has 0 radical (unpaired) electrons. The predicted molar refractivity (Wildman–Crippen MR) is 260 cm³/mol. The van der Waals surface area contributed by atoms with E-state index < -0.39 is 79.5 Å². The number of carbonyl (C=O) groups is 2. The van der Waals surface area contributed by atoms with Gasteiger partial charge in [0.15, 0.2) is 18.9 Å². The van der Waals surface area contributed by atoms with E-state index in [1.54, 1.807) is 30.3 Å². The Morgan fingerprint density at radius 2 is 1.01 bits per heavy atom. The van der Waals surface area contributed by atoms with Crippen molar-refractivity contribution in [2.24, 2.45) is 0 Å². The van der Waals surface area contributed by atoms with Gasteiger partial charge in [0.25, 0.3) is 11.8 Å². The van der Waals surface area contributed by atoms with E-state index in [2.05, 4.69) is 6.58 Å². The SMILES string of the molecule is C=CCO[C@@H]1O[C@@H]2CO[C@@H](c3ccccc3)O[C@H]2[C@H](O[C@H]2O[C@H](COCc3ccccc3)[C@H](OCc3ccccc3)[C@H](OCc3ccccc3)[C@H]2OCc2ccccc2)[C@H]1N1C(=O)c2ccccc2C1=O. The second-order valence-electron chi connectivity index (χ2n) is 17.8. The van der Waals surface area contributed by atoms with Crippen LogP contribution in [-0.4, -0.2) is 97.9 Å². The number of nitrogens with zero attached hydrogens (tertiary/aromatic N) is 1. The second-order valence-corrected chi connectivity index (χ2v) is 17.8. The topological polar surface area (TPSA) is 130 Å². The van der Waals surface area contributed by atoms with Crippen LogP contribution < -0.4 is 0 Å². The minimum atomic E-state index is -1.26. The third kappa shape index (κ3) is 11.3. The summed E-state index contributed by atoms with van der Waals surface area (Å²) in [6, 6.07) is 54.5. The van der Waals surface area contributed by atoms with Crippen LogP contribution in [0.25, 0.3) is 0 Å². The number of imide groups is 1. The van der Waals surface area contributed by atoms with Crippen molar-refractivity contribution in [2.45, 2.75) is 94.1 Å². The molecule has 4 aliphatic rings. The number of rotatable bonds is 20. The highest BCUT2D eigenvalue weighted by Crippen LogP contribution is 2.42. The number of amides is 2. The Balaban J connectivity index is 1.08. The van der Waals surface area contributed by atoms with E-state index >= 15 is 0 Å². The summed E-state index contributed by atoms with van der Waals surface area (Å²) in [5.74, 6) is -1.06. The summed E-state index contributed by atoms with van der Waals surface area (Å²) in [6.07, 6.45) is -8.08. The molecule has 10 rings (SSSR count). The molecule has 4 heterocycles. The van der Waals surface area contributed by atoms with Gasteiger partial charge < -0.3 is 47.4 Å². The first kappa shape index (κ1) is 48.4. The van der Waals surface area contributed by atoms with Gasteiger partial charge in [0.1, 0.15) is 48.8 Å². The normalized spacial score (nSPS) is 27.2. The zero-order valence-corrected chi connectivity index (χ0v) is 39.2. The number of fused-ring (bicyclic) bond motifs is 2. The van der Waals surface area contributed by atoms with E-state index in [0.717, 1.165) is 27.8 Å². The molecule has 0 N–H and O–H groups in total. The predicted octanol–water partition coefficient (Wildman–Crippen LogP) is 8.78. The molecular weight excluding hydrogens is 903 g/mol. The molecule has 366 valence electrons. The molecular formula is C58H57NO12. The fourth-order valence-electron chi connectivity index (χ4n) is 9.56. The maximum atomic E-state index is 14.7. The van der Waals surface area contributed by atoms with Crippen LogP contribution in [0.1, 0.15) is 54.8 Å². The van der Waals surface area contributed by atoms with Crippen molar-refractivity contribution in [1.82, 2.24) is 4.90 Å². The zero-order chi connectivity index (χ0) is 48.4. The highest BCUT2D eigenvalue weighted by Gasteiger charge is 2.59. The minimum absolute atomic E-state index is 0.0300. The Morgan fingerprint density at radius 1 is 0.521 bits per heavy atom. The zero-order valence-electron chi connectivity index (χ0n) is 39.2. The molecule has 6 aromatic rings. The minimum Gasteiger partial charge on any atom is -0.374 e. The van der Waals surface area contributed by atoms with Gasteiger partial charge in [-0.15, -0.1) is 6.58 Å². The molecule has 0 aliphatic carbocycles. The lowest BCUT2D eigenvalue weighted by molar-refractivity contribution is -0.387. The lowest BCUT2D eigenvalue weighted by atomic mass is 9.93. The summed E-state index contributed by atoms with van der Waals surface area (Å²) in [4.78, 5) is 30.5. The summed E-state index contributed by atoms with van der Waals surface area (Å²) in [5.41, 5.74) is 5.01. The lowest BCUT2D eigenvalue weighted by Crippen LogP contribution is -2.70. The Hall–Kier alpha value is -6.20. The van der Waals surface area contributed by atoms with Gasteiger partial charge >= 0.3 is 0 Å². The Bertz CT molecular complexity index is 2610. The second kappa shape index (κ2) is 23.4. The Kier molecular flexibility index (Phi) is 15.9. The molecule has 4 aliphatic heterocycles. The first-order chi connectivity index (χ1) is 35.0. The van der Waals surface area contributed by atoms with E-state index in [9.17, 15) is 9.59 Å². The average Bonchev–Trinajstić information content (AvgIpc) is 3.67. The molecule has 0 aromatic heterocycles. The molecule has 0 saturated carbocycles. The van der Waals surface area contributed by atoms with Crippen LogP contribution in [0.3, 0.4) is 0 Å². The van der Waals surface area contributed by atoms with Gasteiger partial charge in [0.2, 0.25) is 0 Å². The summed E-state index contributed by atoms with van der Waals surface area (Å²) in [7, 11) is 0. The number of benzene rings is 6. The van der Waals surface area contributed by atoms with Crippen molar-refractivity contribution in [3.63, 3.8) is 0 Å². The van der Waals surface area contributed by atoms with Gasteiger partial charge in [-0.1, -0.05) is 170 Å². The van der Waals surface area contributed by atoms with Crippen LogP contribution in [0.2, 0.25) is 0 Å². The van der Waals surface area contributed by atoms with Gasteiger partial charge in [0, 0.05) is 5.56 Å². The largest absolute Gasteiger partial charge is 0.374 e. The molecule has 11 atom stereocenters. The van der Waals surface area contributed by atoms with Gasteiger partial charge in [0.05, 0.1) is 57.4 Å². The van der Waals surface area contributed by atoms with E-state index in [4.69, 9.17) is 47.4 Å². The molecule has 6 aromatic carbocycles. The molecule has 3 saturated heterocycles. The average molecular weight is 960 g/mol. The number of ether oxygens (including phenoxy) is 10. The maximum absolute atomic E-state index is 14.7. The summed E-state index contributed by atoms with van der Waals surface area (Å²) < 4.78 is 68.4. The van der Waals surface area contributed by atoms with Crippen molar-refractivity contribution in [2.75, 3.05) is 19.8 Å². The Labute approximate surface area is 413 Å². The van der Waals surface area contributed by atoms with Gasteiger partial charge in [-0.05, 0) is 34.4 Å². The number of carbonyl (C=O) groups excluding carboxylic acids is 2. The lowest BCUT2D eigenvalue weighted by Gasteiger charge is -2.53. The van der Waals surface area contributed by atoms with Crippen LogP contribution in [0, 0.1) is 0 Å². The molecule has 13 heteroatoms. The van der Waals surface area contributed by atoms with E-state index in [1.165, 1.54) is 4.90 Å². The number of hydrogen-bond acceptors (Lipinski definition) is 12. The number of hydrogen-bond donors (Lipinski definition) is 0. The standard InChI is InChI=1S/C58H57NO12/c1-2-32-63-57-48(59-54(60)44-30-18-19-31-45(44)55(59)61)51(50-47(68-57)38-67-56(70-50)43-28-16-7-17-29-43)71-58-53(66-36-42-26-14-6-15-27-42)52(65-35-41-24-12-5-13-25-41)49(64-34-40-22-10-4-11-23-40)46(69-58)37-62-33-39-20-8-3-9-21-39/h2-31,46-53,56-58H,1,32-38H2/t46-,47-,48-,49+,50-,51-,52+,53-,56-,57-,58-/m1/s1. The maximum Gasteiger partial charge on any atom is 0.262 e. The van der Waals surface area contributed by atoms with Crippen molar-refractivity contribution in [3.8, 4) is 0 Å². The third-order valence-electron chi connectivity index (χ3n) is 13.0. The van der Waals surface area contributed by atoms with Crippen molar-refractivity contribution in [3.05, 3.63) is 228 Å². The molecule has 3 fully saturated rings. The van der Waals surface area contributed by atoms with Crippen molar-refractivity contribution < 1.29 is 57.0 Å². The molecule has 0 unspecified atom stereocenters. The highest BCUT2D eigenvalue weighted by molar-refractivity contribution is 6.21. The third-order valence-corrected chi connectivity index (χ3v) is 13.0. The highest BCUT2D eigenvalue weighted by atomic mass is 16.8. The monoisotopic (exact) mass is 959 g/mol. The molecule has 0 bridgehead atoms. The van der Waals surface area contributed by atoms with Crippen LogP contribution in [0.15, 0.2) is 189 Å². The van der Waals surface area contributed by atoms with Crippen LogP contribution in [0.4, 0.5) is 0 Å². The fourth-order valence-corrected chi connectivity index (χ4v) is 9.56. The Morgan fingerprint density at radius 3 is 1.56 bits per heavy atom. The summed E-state index contributed by atoms with van der Waals surface area (Å²) >= 11 is 0. The van der Waals surface area contributed by atoms with Crippen molar-refractivity contribution in [1.29, 1.82) is 0 Å². The summed E-state index contributed by atoms with van der Waals surface area (Å²) in [5, 5.41) is 0. The van der Waals surface area contributed by atoms with Crippen LogP contribution >= 0.6 is 0 Å². The van der Waals surface area contributed by atoms with Crippen LogP contribution in [-0.2, 0) is 73.8 Å².